The zero-order valence-electron chi connectivity index (χ0n) is 20.9. The topological polar surface area (TPSA) is 25.8 Å². The maximum absolute atomic E-state index is 5.26. The number of benzene rings is 5. The molecule has 0 atom stereocenters. The quantitative estimate of drug-likeness (QED) is 0.241. The minimum atomic E-state index is -2.05. The second kappa shape index (κ2) is 8.36. The summed E-state index contributed by atoms with van der Waals surface area (Å²) in [4.78, 5) is 10.5. The lowest BCUT2D eigenvalue weighted by Gasteiger charge is -2.22. The number of fused-ring (bicyclic) bond motifs is 4. The van der Waals surface area contributed by atoms with Gasteiger partial charge in [-0.3, -0.25) is 0 Å². The number of hydrogen-bond donors (Lipinski definition) is 0. The third-order valence-electron chi connectivity index (χ3n) is 7.65. The number of nitrogens with zero attached hydrogens (tertiary/aromatic N) is 2. The van der Waals surface area contributed by atoms with Crippen molar-refractivity contribution in [2.24, 2.45) is 0 Å². The molecular formula is C34H26N2Si. The van der Waals surface area contributed by atoms with Crippen molar-refractivity contribution in [1.29, 1.82) is 0 Å². The summed E-state index contributed by atoms with van der Waals surface area (Å²) in [6.45, 7) is 4.89. The Morgan fingerprint density at radius 2 is 1.00 bits per heavy atom. The van der Waals surface area contributed by atoms with Gasteiger partial charge >= 0.3 is 0 Å². The highest BCUT2D eigenvalue weighted by Crippen LogP contribution is 2.35. The second-order valence-electron chi connectivity index (χ2n) is 10.3. The van der Waals surface area contributed by atoms with Gasteiger partial charge in [0.1, 0.15) is 8.07 Å². The van der Waals surface area contributed by atoms with Crippen LogP contribution in [0.25, 0.3) is 55.8 Å². The summed E-state index contributed by atoms with van der Waals surface area (Å²) in [6, 6.07) is 43.2. The highest BCUT2D eigenvalue weighted by Gasteiger charge is 2.42. The fourth-order valence-corrected chi connectivity index (χ4v) is 8.94. The smallest absolute Gasteiger partial charge is 0.160 e. The molecule has 1 aliphatic rings. The molecule has 0 spiro atoms. The van der Waals surface area contributed by atoms with Crippen LogP contribution in [0, 0.1) is 0 Å². The molecule has 0 radical (unpaired) electrons. The van der Waals surface area contributed by atoms with E-state index in [1.54, 1.807) is 0 Å². The van der Waals surface area contributed by atoms with E-state index in [0.29, 0.717) is 0 Å². The van der Waals surface area contributed by atoms with Crippen molar-refractivity contribution in [3.05, 3.63) is 121 Å². The Kier molecular flexibility index (Phi) is 4.95. The zero-order valence-corrected chi connectivity index (χ0v) is 21.9. The summed E-state index contributed by atoms with van der Waals surface area (Å²) in [7, 11) is -2.05. The molecule has 7 rings (SSSR count). The molecule has 1 aromatic heterocycles. The lowest BCUT2D eigenvalue weighted by atomic mass is 10.0. The van der Waals surface area contributed by atoms with E-state index in [0.717, 1.165) is 28.3 Å². The van der Waals surface area contributed by atoms with Crippen LogP contribution >= 0.6 is 0 Å². The fraction of sp³-hybridized carbons (Fsp3) is 0.0588. The molecule has 1 aliphatic heterocycles. The van der Waals surface area contributed by atoms with Crippen molar-refractivity contribution in [3.63, 3.8) is 0 Å². The van der Waals surface area contributed by atoms with E-state index in [9.17, 15) is 0 Å². The van der Waals surface area contributed by atoms with E-state index in [-0.39, 0.29) is 0 Å². The minimum absolute atomic E-state index is 0.785. The lowest BCUT2D eigenvalue weighted by Crippen LogP contribution is -2.50. The molecule has 0 saturated carbocycles. The predicted molar refractivity (Wildman–Crippen MR) is 158 cm³/mol. The Bertz CT molecular complexity index is 1770. The Labute approximate surface area is 218 Å². The molecule has 3 heteroatoms. The summed E-state index contributed by atoms with van der Waals surface area (Å²) >= 11 is 0. The van der Waals surface area contributed by atoms with Crippen molar-refractivity contribution in [2.45, 2.75) is 13.1 Å². The van der Waals surface area contributed by atoms with Gasteiger partial charge in [0.05, 0.1) is 11.4 Å². The molecule has 37 heavy (non-hydrogen) atoms. The van der Waals surface area contributed by atoms with E-state index >= 15 is 0 Å². The number of aromatic nitrogens is 2. The van der Waals surface area contributed by atoms with Gasteiger partial charge in [0, 0.05) is 16.7 Å². The van der Waals surface area contributed by atoms with Crippen LogP contribution in [0.2, 0.25) is 13.1 Å². The molecule has 6 aromatic rings. The molecule has 0 aliphatic carbocycles. The van der Waals surface area contributed by atoms with Crippen molar-refractivity contribution in [1.82, 2.24) is 9.97 Å². The summed E-state index contributed by atoms with van der Waals surface area (Å²) in [5, 5.41) is 5.33. The highest BCUT2D eigenvalue weighted by atomic mass is 28.3. The third-order valence-corrected chi connectivity index (χ3v) is 11.1. The predicted octanol–water partition coefficient (Wildman–Crippen LogP) is 7.43. The Morgan fingerprint density at radius 3 is 1.68 bits per heavy atom. The zero-order chi connectivity index (χ0) is 25.0. The van der Waals surface area contributed by atoms with Gasteiger partial charge in [-0.15, -0.1) is 0 Å². The first kappa shape index (κ1) is 21.9. The van der Waals surface area contributed by atoms with Crippen LogP contribution in [0.15, 0.2) is 121 Å². The van der Waals surface area contributed by atoms with Crippen LogP contribution in [0.4, 0.5) is 0 Å². The van der Waals surface area contributed by atoms with Gasteiger partial charge in [-0.05, 0) is 38.3 Å². The van der Waals surface area contributed by atoms with Crippen molar-refractivity contribution in [2.75, 3.05) is 0 Å². The Balaban J connectivity index is 1.48. The maximum atomic E-state index is 5.26. The summed E-state index contributed by atoms with van der Waals surface area (Å²) in [5.41, 5.74) is 8.07. The third kappa shape index (κ3) is 3.54. The van der Waals surface area contributed by atoms with Crippen LogP contribution in [0.3, 0.4) is 0 Å². The molecule has 0 fully saturated rings. The first-order valence-electron chi connectivity index (χ1n) is 12.8. The van der Waals surface area contributed by atoms with Gasteiger partial charge in [0.25, 0.3) is 0 Å². The Hall–Kier alpha value is -4.34. The molecule has 0 N–H and O–H groups in total. The van der Waals surface area contributed by atoms with Crippen LogP contribution in [0.1, 0.15) is 0 Å². The van der Waals surface area contributed by atoms with Crippen molar-refractivity contribution < 1.29 is 0 Å². The average molecular weight is 491 g/mol. The van der Waals surface area contributed by atoms with Crippen LogP contribution in [-0.2, 0) is 0 Å². The number of rotatable bonds is 3. The Morgan fingerprint density at radius 1 is 0.486 bits per heavy atom. The summed E-state index contributed by atoms with van der Waals surface area (Å²) < 4.78 is 0. The van der Waals surface area contributed by atoms with E-state index in [2.05, 4.69) is 128 Å². The molecule has 0 bridgehead atoms. The van der Waals surface area contributed by atoms with Gasteiger partial charge in [-0.2, -0.15) is 0 Å². The average Bonchev–Trinajstić information content (AvgIpc) is 3.18. The highest BCUT2D eigenvalue weighted by molar-refractivity contribution is 7.04. The van der Waals surface area contributed by atoms with Gasteiger partial charge < -0.3 is 0 Å². The molecule has 0 saturated heterocycles. The van der Waals surface area contributed by atoms with E-state index in [1.807, 2.05) is 6.07 Å². The van der Waals surface area contributed by atoms with Crippen LogP contribution in [-0.4, -0.2) is 18.0 Å². The van der Waals surface area contributed by atoms with Crippen LogP contribution in [0.5, 0.6) is 0 Å². The lowest BCUT2D eigenvalue weighted by molar-refractivity contribution is 1.20. The molecule has 0 amide bonds. The van der Waals surface area contributed by atoms with Crippen LogP contribution < -0.4 is 10.4 Å². The van der Waals surface area contributed by atoms with E-state index in [1.165, 1.54) is 37.8 Å². The fourth-order valence-electron chi connectivity index (χ4n) is 5.71. The SMILES string of the molecule is C[Si]1(C)c2cc3ccccc3cc2-c2nc(-c3ccccc3)nc(-c3ccc(-c4ccccc4)cc3)c21. The second-order valence-corrected chi connectivity index (χ2v) is 14.6. The first-order chi connectivity index (χ1) is 18.1. The largest absolute Gasteiger partial charge is 0.228 e. The van der Waals surface area contributed by atoms with E-state index < -0.39 is 8.07 Å². The summed E-state index contributed by atoms with van der Waals surface area (Å²) in [5.74, 6) is 0.785. The molecule has 176 valence electrons. The molecule has 5 aromatic carbocycles. The summed E-state index contributed by atoms with van der Waals surface area (Å²) in [6.07, 6.45) is 0. The van der Waals surface area contributed by atoms with Gasteiger partial charge in [-0.1, -0.05) is 128 Å². The normalized spacial score (nSPS) is 13.4. The molecular weight excluding hydrogens is 464 g/mol. The minimum Gasteiger partial charge on any atom is -0.228 e. The first-order valence-corrected chi connectivity index (χ1v) is 15.8. The molecule has 0 unspecified atom stereocenters. The van der Waals surface area contributed by atoms with Crippen molar-refractivity contribution in [3.8, 4) is 45.0 Å². The number of hydrogen-bond acceptors (Lipinski definition) is 2. The maximum Gasteiger partial charge on any atom is 0.160 e. The van der Waals surface area contributed by atoms with Crippen molar-refractivity contribution >= 4 is 29.2 Å². The van der Waals surface area contributed by atoms with E-state index in [4.69, 9.17) is 9.97 Å². The standard InChI is InChI=1S/C34H26N2Si/c1-37(2)30-22-28-16-10-9-15-27(28)21-29(30)32-33(37)31(35-34(36-32)26-13-7-4-8-14-26)25-19-17-24(18-20-25)23-11-5-3-6-12-23/h3-22H,1-2H3. The van der Waals surface area contributed by atoms with Gasteiger partial charge in [0.15, 0.2) is 5.82 Å². The molecule has 2 nitrogen and oxygen atoms in total. The monoisotopic (exact) mass is 490 g/mol. The molecule has 2 heterocycles. The van der Waals surface area contributed by atoms with Gasteiger partial charge in [0.2, 0.25) is 0 Å². The van der Waals surface area contributed by atoms with Gasteiger partial charge in [-0.25, -0.2) is 9.97 Å².